The minimum absolute atomic E-state index is 0.185. The highest BCUT2D eigenvalue weighted by molar-refractivity contribution is 9.11. The standard InChI is InChI=1S/C11H11Br2ClO4/c1-16-8(17-2)5-18-10-7(12)4-3-6(9(10)13)11(14)15/h3-4,8H,5H2,1-2H3. The Labute approximate surface area is 127 Å². The molecule has 0 bridgehead atoms. The van der Waals surface area contributed by atoms with Gasteiger partial charge in [-0.1, -0.05) is 0 Å². The molecule has 18 heavy (non-hydrogen) atoms. The lowest BCUT2D eigenvalue weighted by atomic mass is 10.2. The van der Waals surface area contributed by atoms with Crippen LogP contribution in [-0.4, -0.2) is 32.4 Å². The zero-order valence-electron chi connectivity index (χ0n) is 9.71. The Kier molecular flexibility index (Phi) is 6.59. The van der Waals surface area contributed by atoms with Crippen molar-refractivity contribution in [3.05, 3.63) is 26.6 Å². The number of carbonyl (C=O) groups excluding carboxylic acids is 1. The first-order chi connectivity index (χ1) is 8.51. The average molecular weight is 402 g/mol. The summed E-state index contributed by atoms with van der Waals surface area (Å²) in [6.07, 6.45) is -0.487. The van der Waals surface area contributed by atoms with Crippen molar-refractivity contribution in [3.8, 4) is 5.75 Å². The second kappa shape index (κ2) is 7.45. The molecule has 7 heteroatoms. The highest BCUT2D eigenvalue weighted by Gasteiger charge is 2.17. The Morgan fingerprint density at radius 1 is 1.33 bits per heavy atom. The molecule has 0 unspecified atom stereocenters. The van der Waals surface area contributed by atoms with Crippen molar-refractivity contribution in [2.75, 3.05) is 20.8 Å². The van der Waals surface area contributed by atoms with Crippen LogP contribution >= 0.6 is 43.5 Å². The van der Waals surface area contributed by atoms with Gasteiger partial charge in [0.15, 0.2) is 6.29 Å². The van der Waals surface area contributed by atoms with Gasteiger partial charge < -0.3 is 14.2 Å². The molecular formula is C11H11Br2ClO4. The van der Waals surface area contributed by atoms with Crippen LogP contribution in [0, 0.1) is 0 Å². The lowest BCUT2D eigenvalue weighted by Gasteiger charge is -2.16. The van der Waals surface area contributed by atoms with E-state index >= 15 is 0 Å². The topological polar surface area (TPSA) is 44.8 Å². The Morgan fingerprint density at radius 2 is 1.94 bits per heavy atom. The van der Waals surface area contributed by atoms with Gasteiger partial charge in [0, 0.05) is 14.2 Å². The van der Waals surface area contributed by atoms with Crippen LogP contribution in [0.25, 0.3) is 0 Å². The third kappa shape index (κ3) is 3.93. The third-order valence-electron chi connectivity index (χ3n) is 2.15. The highest BCUT2D eigenvalue weighted by Crippen LogP contribution is 2.36. The number of methoxy groups -OCH3 is 2. The number of carbonyl (C=O) groups is 1. The zero-order valence-corrected chi connectivity index (χ0v) is 13.6. The summed E-state index contributed by atoms with van der Waals surface area (Å²) in [4.78, 5) is 11.2. The van der Waals surface area contributed by atoms with Crippen LogP contribution in [-0.2, 0) is 9.47 Å². The first kappa shape index (κ1) is 15.9. The molecule has 0 aliphatic heterocycles. The van der Waals surface area contributed by atoms with E-state index < -0.39 is 11.5 Å². The SMILES string of the molecule is COC(COc1c(Br)ccc(C(=O)Cl)c1Br)OC. The molecule has 0 aliphatic rings. The zero-order chi connectivity index (χ0) is 13.7. The molecule has 0 N–H and O–H groups in total. The summed E-state index contributed by atoms with van der Waals surface area (Å²) in [7, 11) is 3.03. The van der Waals surface area contributed by atoms with Gasteiger partial charge in [-0.25, -0.2) is 0 Å². The van der Waals surface area contributed by atoms with Gasteiger partial charge in [0.05, 0.1) is 14.5 Å². The van der Waals surface area contributed by atoms with Crippen molar-refractivity contribution in [1.82, 2.24) is 0 Å². The van der Waals surface area contributed by atoms with E-state index in [-0.39, 0.29) is 6.61 Å². The number of rotatable bonds is 6. The van der Waals surface area contributed by atoms with Crippen molar-refractivity contribution in [2.45, 2.75) is 6.29 Å². The van der Waals surface area contributed by atoms with Crippen molar-refractivity contribution < 1.29 is 19.0 Å². The van der Waals surface area contributed by atoms with Gasteiger partial charge in [-0.15, -0.1) is 0 Å². The van der Waals surface area contributed by atoms with E-state index in [0.29, 0.717) is 20.3 Å². The molecule has 0 atom stereocenters. The molecule has 0 saturated carbocycles. The maximum atomic E-state index is 11.2. The van der Waals surface area contributed by atoms with Crippen molar-refractivity contribution in [2.24, 2.45) is 0 Å². The summed E-state index contributed by atoms with van der Waals surface area (Å²) >= 11 is 12.1. The fraction of sp³-hybridized carbons (Fsp3) is 0.364. The van der Waals surface area contributed by atoms with Crippen molar-refractivity contribution in [1.29, 1.82) is 0 Å². The van der Waals surface area contributed by atoms with Gasteiger partial charge >= 0.3 is 0 Å². The van der Waals surface area contributed by atoms with Gasteiger partial charge in [0.2, 0.25) is 0 Å². The predicted molar refractivity (Wildman–Crippen MR) is 75.3 cm³/mol. The molecule has 0 amide bonds. The van der Waals surface area contributed by atoms with E-state index in [1.165, 1.54) is 14.2 Å². The van der Waals surface area contributed by atoms with Crippen LogP contribution < -0.4 is 4.74 Å². The molecule has 1 aromatic carbocycles. The summed E-state index contributed by atoms with van der Waals surface area (Å²) in [5, 5.41) is -0.561. The van der Waals surface area contributed by atoms with E-state index in [4.69, 9.17) is 25.8 Å². The van der Waals surface area contributed by atoms with Crippen LogP contribution in [0.3, 0.4) is 0 Å². The van der Waals surface area contributed by atoms with Crippen LogP contribution in [0.5, 0.6) is 5.75 Å². The quantitative estimate of drug-likeness (QED) is 0.539. The van der Waals surface area contributed by atoms with E-state index in [0.717, 1.165) is 0 Å². The fourth-order valence-electron chi connectivity index (χ4n) is 1.20. The van der Waals surface area contributed by atoms with E-state index in [9.17, 15) is 4.79 Å². The van der Waals surface area contributed by atoms with E-state index in [1.807, 2.05) is 0 Å². The number of hydrogen-bond acceptors (Lipinski definition) is 4. The smallest absolute Gasteiger partial charge is 0.253 e. The Hall–Kier alpha value is -0.140. The number of benzene rings is 1. The lowest BCUT2D eigenvalue weighted by Crippen LogP contribution is -2.22. The maximum Gasteiger partial charge on any atom is 0.253 e. The molecule has 0 spiro atoms. The molecule has 4 nitrogen and oxygen atoms in total. The van der Waals surface area contributed by atoms with Crippen LogP contribution in [0.15, 0.2) is 21.1 Å². The monoisotopic (exact) mass is 400 g/mol. The van der Waals surface area contributed by atoms with E-state index in [1.54, 1.807) is 12.1 Å². The molecule has 1 rings (SSSR count). The summed E-state index contributed by atoms with van der Waals surface area (Å²) < 4.78 is 16.7. The maximum absolute atomic E-state index is 11.2. The number of hydrogen-bond donors (Lipinski definition) is 0. The van der Waals surface area contributed by atoms with Crippen molar-refractivity contribution in [3.63, 3.8) is 0 Å². The lowest BCUT2D eigenvalue weighted by molar-refractivity contribution is -0.122. The Balaban J connectivity index is 2.94. The van der Waals surface area contributed by atoms with Crippen LogP contribution in [0.4, 0.5) is 0 Å². The highest BCUT2D eigenvalue weighted by atomic mass is 79.9. The van der Waals surface area contributed by atoms with Gasteiger partial charge in [-0.2, -0.15) is 0 Å². The molecule has 0 fully saturated rings. The average Bonchev–Trinajstić information content (AvgIpc) is 2.33. The Morgan fingerprint density at radius 3 is 2.44 bits per heavy atom. The molecule has 0 aliphatic carbocycles. The molecule has 0 saturated heterocycles. The fourth-order valence-corrected chi connectivity index (χ4v) is 2.82. The van der Waals surface area contributed by atoms with Gasteiger partial charge in [0.25, 0.3) is 5.24 Å². The summed E-state index contributed by atoms with van der Waals surface area (Å²) in [5.74, 6) is 0.473. The largest absolute Gasteiger partial charge is 0.486 e. The van der Waals surface area contributed by atoms with Crippen molar-refractivity contribution >= 4 is 48.7 Å². The van der Waals surface area contributed by atoms with Crippen LogP contribution in [0.2, 0.25) is 0 Å². The minimum atomic E-state index is -0.561. The molecule has 1 aromatic rings. The second-order valence-corrected chi connectivity index (χ2v) is 5.21. The van der Waals surface area contributed by atoms with Crippen LogP contribution in [0.1, 0.15) is 10.4 Å². The molecule has 100 valence electrons. The summed E-state index contributed by atoms with van der Waals surface area (Å²) in [6, 6.07) is 3.28. The third-order valence-corrected chi connectivity index (χ3v) is 3.77. The molecule has 0 aromatic heterocycles. The summed E-state index contributed by atoms with van der Waals surface area (Å²) in [5.41, 5.74) is 0.334. The minimum Gasteiger partial charge on any atom is -0.486 e. The summed E-state index contributed by atoms with van der Waals surface area (Å²) in [6.45, 7) is 0.185. The van der Waals surface area contributed by atoms with Gasteiger partial charge in [-0.3, -0.25) is 4.79 Å². The molecule has 0 heterocycles. The first-order valence-corrected chi connectivity index (χ1v) is 6.83. The normalized spacial score (nSPS) is 10.8. The first-order valence-electron chi connectivity index (χ1n) is 4.87. The number of halogens is 3. The predicted octanol–water partition coefficient (Wildman–Crippen LogP) is 3.59. The van der Waals surface area contributed by atoms with E-state index in [2.05, 4.69) is 31.9 Å². The van der Waals surface area contributed by atoms with Gasteiger partial charge in [-0.05, 0) is 55.6 Å². The molecule has 0 radical (unpaired) electrons. The Bertz CT molecular complexity index is 435. The second-order valence-electron chi connectivity index (χ2n) is 3.22. The van der Waals surface area contributed by atoms with Gasteiger partial charge in [0.1, 0.15) is 12.4 Å². The number of ether oxygens (including phenoxy) is 3. The molecular weight excluding hydrogens is 391 g/mol.